The van der Waals surface area contributed by atoms with Crippen LogP contribution in [0.1, 0.15) is 10.6 Å². The van der Waals surface area contributed by atoms with E-state index in [1.54, 1.807) is 11.3 Å². The molecule has 2 aromatic heterocycles. The molecule has 1 amide bonds. The summed E-state index contributed by atoms with van der Waals surface area (Å²) in [5, 5.41) is 5.92. The van der Waals surface area contributed by atoms with E-state index >= 15 is 0 Å². The normalized spacial score (nSPS) is 10.8. The zero-order valence-corrected chi connectivity index (χ0v) is 16.9. The Kier molecular flexibility index (Phi) is 5.23. The number of hydrogen-bond acceptors (Lipinski definition) is 7. The molecule has 0 bridgehead atoms. The summed E-state index contributed by atoms with van der Waals surface area (Å²) in [6.07, 6.45) is -0.531. The van der Waals surface area contributed by atoms with Crippen molar-refractivity contribution in [2.24, 2.45) is 0 Å². The van der Waals surface area contributed by atoms with Crippen LogP contribution in [0.3, 0.4) is 0 Å². The Morgan fingerprint density at radius 2 is 2.04 bits per heavy atom. The molecule has 142 valence electrons. The van der Waals surface area contributed by atoms with Crippen LogP contribution in [-0.4, -0.2) is 23.2 Å². The number of nitrogens with zero attached hydrogens (tertiary/aromatic N) is 2. The molecule has 0 aliphatic rings. The van der Waals surface area contributed by atoms with Crippen molar-refractivity contribution in [1.29, 1.82) is 0 Å². The van der Waals surface area contributed by atoms with Crippen molar-refractivity contribution in [3.63, 3.8) is 0 Å². The van der Waals surface area contributed by atoms with Gasteiger partial charge in [0.1, 0.15) is 17.4 Å². The third-order valence-corrected chi connectivity index (χ3v) is 5.84. The smallest absolute Gasteiger partial charge is 0.413 e. The third-order valence-electron chi connectivity index (χ3n) is 4.07. The van der Waals surface area contributed by atoms with Gasteiger partial charge in [0.05, 0.1) is 23.0 Å². The van der Waals surface area contributed by atoms with Gasteiger partial charge in [-0.25, -0.2) is 14.8 Å². The number of nitrogens with one attached hydrogen (secondary N) is 1. The molecule has 2 heterocycles. The molecule has 4 rings (SSSR count). The van der Waals surface area contributed by atoms with Crippen LogP contribution in [0.15, 0.2) is 47.8 Å². The minimum Gasteiger partial charge on any atom is -0.486 e. The number of ether oxygens (including phenoxy) is 2. The van der Waals surface area contributed by atoms with Crippen LogP contribution in [0.2, 0.25) is 0 Å². The number of aromatic nitrogens is 2. The summed E-state index contributed by atoms with van der Waals surface area (Å²) in [5.41, 5.74) is 3.82. The van der Waals surface area contributed by atoms with E-state index in [0.29, 0.717) is 11.7 Å². The van der Waals surface area contributed by atoms with Crippen molar-refractivity contribution in [2.75, 3.05) is 12.4 Å². The number of amides is 1. The summed E-state index contributed by atoms with van der Waals surface area (Å²) in [6, 6.07) is 13.9. The zero-order chi connectivity index (χ0) is 19.5. The molecule has 0 aliphatic heterocycles. The predicted octanol–water partition coefficient (Wildman–Crippen LogP) is 5.49. The first-order chi connectivity index (χ1) is 13.6. The van der Waals surface area contributed by atoms with E-state index in [1.165, 1.54) is 18.4 Å². The quantitative estimate of drug-likeness (QED) is 0.470. The predicted molar refractivity (Wildman–Crippen MR) is 112 cm³/mol. The molecule has 0 saturated carbocycles. The number of fused-ring (bicyclic) bond motifs is 1. The van der Waals surface area contributed by atoms with E-state index in [9.17, 15) is 4.79 Å². The number of thiazole rings is 2. The number of carbonyl (C=O) groups is 1. The van der Waals surface area contributed by atoms with Gasteiger partial charge < -0.3 is 9.47 Å². The number of rotatable bonds is 5. The van der Waals surface area contributed by atoms with E-state index in [0.717, 1.165) is 37.8 Å². The molecule has 1 N–H and O–H groups in total. The van der Waals surface area contributed by atoms with Crippen molar-refractivity contribution < 1.29 is 14.3 Å². The number of anilines is 1. The molecule has 2 aromatic carbocycles. The first kappa shape index (κ1) is 18.4. The molecule has 0 unspecified atom stereocenters. The minimum atomic E-state index is -0.531. The maximum atomic E-state index is 11.3. The maximum Gasteiger partial charge on any atom is 0.413 e. The van der Waals surface area contributed by atoms with Gasteiger partial charge in [0.25, 0.3) is 0 Å². The van der Waals surface area contributed by atoms with Crippen molar-refractivity contribution in [1.82, 2.24) is 9.97 Å². The lowest BCUT2D eigenvalue weighted by atomic mass is 10.1. The van der Waals surface area contributed by atoms with Gasteiger partial charge in [-0.2, -0.15) is 0 Å². The Labute approximate surface area is 169 Å². The summed E-state index contributed by atoms with van der Waals surface area (Å²) in [7, 11) is 1.32. The van der Waals surface area contributed by atoms with Gasteiger partial charge in [-0.15, -0.1) is 22.7 Å². The Morgan fingerprint density at radius 1 is 1.18 bits per heavy atom. The van der Waals surface area contributed by atoms with Gasteiger partial charge in [-0.1, -0.05) is 12.1 Å². The molecule has 8 heteroatoms. The van der Waals surface area contributed by atoms with Crippen LogP contribution in [0.25, 0.3) is 21.5 Å². The number of benzene rings is 2. The van der Waals surface area contributed by atoms with Crippen molar-refractivity contribution in [3.8, 4) is 17.0 Å². The number of hydrogen-bond donors (Lipinski definition) is 1. The largest absolute Gasteiger partial charge is 0.486 e. The molecule has 6 nitrogen and oxygen atoms in total. The Balaban J connectivity index is 1.46. The molecule has 4 aromatic rings. The highest BCUT2D eigenvalue weighted by Gasteiger charge is 2.11. The SMILES string of the molecule is COC(=O)Nc1nc(-c2ccc(OCc3nc4ccccc4s3)cc2C)cs1. The Morgan fingerprint density at radius 3 is 2.82 bits per heavy atom. The number of aryl methyl sites for hydroxylation is 1. The molecule has 0 atom stereocenters. The van der Waals surface area contributed by atoms with E-state index in [-0.39, 0.29) is 0 Å². The molecule has 0 radical (unpaired) electrons. The van der Waals surface area contributed by atoms with Crippen LogP contribution in [0, 0.1) is 6.92 Å². The highest BCUT2D eigenvalue weighted by molar-refractivity contribution is 7.18. The fourth-order valence-corrected chi connectivity index (χ4v) is 4.31. The van der Waals surface area contributed by atoms with Crippen molar-refractivity contribution >= 4 is 44.1 Å². The molecule has 28 heavy (non-hydrogen) atoms. The van der Waals surface area contributed by atoms with Crippen LogP contribution < -0.4 is 10.1 Å². The fourth-order valence-electron chi connectivity index (χ4n) is 2.73. The second kappa shape index (κ2) is 7.95. The van der Waals surface area contributed by atoms with E-state index < -0.39 is 6.09 Å². The number of methoxy groups -OCH3 is 1. The molecular weight excluding hydrogens is 394 g/mol. The average molecular weight is 412 g/mol. The Hall–Kier alpha value is -2.97. The second-order valence-electron chi connectivity index (χ2n) is 6.00. The maximum absolute atomic E-state index is 11.3. The van der Waals surface area contributed by atoms with E-state index in [1.807, 2.05) is 48.7 Å². The van der Waals surface area contributed by atoms with Gasteiger partial charge in [0, 0.05) is 10.9 Å². The molecule has 0 aliphatic carbocycles. The lowest BCUT2D eigenvalue weighted by Gasteiger charge is -2.08. The van der Waals surface area contributed by atoms with Gasteiger partial charge in [0.2, 0.25) is 0 Å². The summed E-state index contributed by atoms with van der Waals surface area (Å²) < 4.78 is 11.7. The summed E-state index contributed by atoms with van der Waals surface area (Å²) in [6.45, 7) is 2.44. The van der Waals surface area contributed by atoms with Crippen LogP contribution in [0.5, 0.6) is 5.75 Å². The Bertz CT molecular complexity index is 1100. The molecular formula is C20H17N3O3S2. The van der Waals surface area contributed by atoms with Crippen molar-refractivity contribution in [3.05, 3.63) is 58.4 Å². The van der Waals surface area contributed by atoms with Gasteiger partial charge in [0.15, 0.2) is 5.13 Å². The first-order valence-corrected chi connectivity index (χ1v) is 10.2. The standard InChI is InChI=1S/C20H17N3O3S2/c1-12-9-13(26-10-18-21-15-5-3-4-6-17(15)28-18)7-8-14(12)16-11-27-19(22-16)23-20(24)25-2/h3-9,11H,10H2,1-2H3,(H,22,23,24). The molecule has 0 fully saturated rings. The number of carbonyl (C=O) groups excluding carboxylic acids is 1. The highest BCUT2D eigenvalue weighted by Crippen LogP contribution is 2.30. The second-order valence-corrected chi connectivity index (χ2v) is 7.97. The van der Waals surface area contributed by atoms with Crippen LogP contribution in [0.4, 0.5) is 9.93 Å². The fraction of sp³-hybridized carbons (Fsp3) is 0.150. The monoisotopic (exact) mass is 411 g/mol. The first-order valence-electron chi connectivity index (χ1n) is 8.51. The zero-order valence-electron chi connectivity index (χ0n) is 15.3. The minimum absolute atomic E-state index is 0.433. The summed E-state index contributed by atoms with van der Waals surface area (Å²) in [5.74, 6) is 0.781. The average Bonchev–Trinajstić information content (AvgIpc) is 3.32. The topological polar surface area (TPSA) is 73.3 Å². The van der Waals surface area contributed by atoms with E-state index in [4.69, 9.17) is 4.74 Å². The number of para-hydroxylation sites is 1. The molecule has 0 saturated heterocycles. The van der Waals surface area contributed by atoms with Gasteiger partial charge in [-0.3, -0.25) is 5.32 Å². The van der Waals surface area contributed by atoms with Gasteiger partial charge >= 0.3 is 6.09 Å². The van der Waals surface area contributed by atoms with Gasteiger partial charge in [-0.05, 0) is 42.8 Å². The van der Waals surface area contributed by atoms with Crippen LogP contribution in [-0.2, 0) is 11.3 Å². The highest BCUT2D eigenvalue weighted by atomic mass is 32.1. The van der Waals surface area contributed by atoms with E-state index in [2.05, 4.69) is 26.1 Å². The lowest BCUT2D eigenvalue weighted by Crippen LogP contribution is -2.10. The molecule has 0 spiro atoms. The third kappa shape index (κ3) is 3.97. The van der Waals surface area contributed by atoms with Crippen molar-refractivity contribution in [2.45, 2.75) is 13.5 Å². The summed E-state index contributed by atoms with van der Waals surface area (Å²) in [4.78, 5) is 20.3. The summed E-state index contributed by atoms with van der Waals surface area (Å²) >= 11 is 2.99. The van der Waals surface area contributed by atoms with Crippen LogP contribution >= 0.6 is 22.7 Å². The lowest BCUT2D eigenvalue weighted by molar-refractivity contribution is 0.187.